The van der Waals surface area contributed by atoms with Crippen molar-refractivity contribution >= 4 is 29.3 Å². The van der Waals surface area contributed by atoms with Crippen LogP contribution in [-0.2, 0) is 16.1 Å². The van der Waals surface area contributed by atoms with E-state index in [1.165, 1.54) is 6.92 Å². The fourth-order valence-electron chi connectivity index (χ4n) is 3.31. The van der Waals surface area contributed by atoms with E-state index in [0.29, 0.717) is 43.5 Å². The van der Waals surface area contributed by atoms with E-state index in [0.717, 1.165) is 0 Å². The van der Waals surface area contributed by atoms with Crippen LogP contribution in [0.2, 0.25) is 0 Å². The number of anilines is 3. The Balaban J connectivity index is 1.70. The second kappa shape index (κ2) is 8.26. The molecule has 2 aromatic heterocycles. The lowest BCUT2D eigenvalue weighted by Gasteiger charge is -2.24. The molecule has 2 aromatic rings. The largest absolute Gasteiger partial charge is 0.354 e. The maximum atomic E-state index is 12.9. The first-order chi connectivity index (χ1) is 13.9. The summed E-state index contributed by atoms with van der Waals surface area (Å²) in [6.07, 6.45) is 5.46. The molecule has 0 aliphatic carbocycles. The van der Waals surface area contributed by atoms with E-state index in [-0.39, 0.29) is 17.7 Å². The highest BCUT2D eigenvalue weighted by Gasteiger charge is 2.50. The number of nitriles is 1. The molecular weight excluding hydrogens is 372 g/mol. The molecule has 2 amide bonds. The first kappa shape index (κ1) is 20.3. The first-order valence-corrected chi connectivity index (χ1v) is 9.46. The van der Waals surface area contributed by atoms with Crippen LogP contribution in [0.3, 0.4) is 0 Å². The van der Waals surface area contributed by atoms with E-state index < -0.39 is 5.41 Å². The second-order valence-electron chi connectivity index (χ2n) is 7.28. The van der Waals surface area contributed by atoms with Gasteiger partial charge < -0.3 is 10.6 Å². The van der Waals surface area contributed by atoms with Crippen molar-refractivity contribution in [3.8, 4) is 6.07 Å². The molecular formula is C19H24N8O2. The van der Waals surface area contributed by atoms with Crippen molar-refractivity contribution in [1.82, 2.24) is 25.1 Å². The summed E-state index contributed by atoms with van der Waals surface area (Å²) >= 11 is 0. The van der Waals surface area contributed by atoms with Crippen molar-refractivity contribution in [2.24, 2.45) is 11.3 Å². The minimum atomic E-state index is -1.01. The number of nitrogens with zero attached hydrogens (tertiary/aromatic N) is 6. The van der Waals surface area contributed by atoms with Crippen LogP contribution in [0.4, 0.5) is 17.5 Å². The molecule has 1 fully saturated rings. The average molecular weight is 396 g/mol. The van der Waals surface area contributed by atoms with Crippen molar-refractivity contribution in [1.29, 1.82) is 5.26 Å². The van der Waals surface area contributed by atoms with Gasteiger partial charge in [0.1, 0.15) is 11.2 Å². The molecule has 0 saturated carbocycles. The van der Waals surface area contributed by atoms with Gasteiger partial charge in [-0.1, -0.05) is 13.8 Å². The van der Waals surface area contributed by atoms with Gasteiger partial charge in [-0.05, 0) is 18.4 Å². The van der Waals surface area contributed by atoms with E-state index in [4.69, 9.17) is 0 Å². The summed E-state index contributed by atoms with van der Waals surface area (Å²) in [6, 6.07) is 3.88. The highest BCUT2D eigenvalue weighted by molar-refractivity contribution is 6.01. The molecule has 1 aliphatic rings. The zero-order chi connectivity index (χ0) is 21.0. The monoisotopic (exact) mass is 396 g/mol. The molecule has 0 unspecified atom stereocenters. The molecule has 3 rings (SSSR count). The third kappa shape index (κ3) is 4.18. The number of carbonyl (C=O) groups is 2. The molecule has 1 aliphatic heterocycles. The lowest BCUT2D eigenvalue weighted by molar-refractivity contribution is -0.124. The zero-order valence-corrected chi connectivity index (χ0v) is 16.7. The van der Waals surface area contributed by atoms with Crippen LogP contribution in [0.5, 0.6) is 0 Å². The van der Waals surface area contributed by atoms with E-state index in [1.807, 2.05) is 13.8 Å². The van der Waals surface area contributed by atoms with Gasteiger partial charge in [0.2, 0.25) is 17.8 Å². The SMILES string of the molecule is CC(=O)NCCn1cc(Nc2nccc(N3CC[C@@](C#N)(C(C)C)C3=O)n2)cn1. The Morgan fingerprint density at radius 3 is 2.90 bits per heavy atom. The molecule has 29 heavy (non-hydrogen) atoms. The maximum absolute atomic E-state index is 12.9. The van der Waals surface area contributed by atoms with Crippen molar-refractivity contribution in [3.63, 3.8) is 0 Å². The molecule has 0 aromatic carbocycles. The van der Waals surface area contributed by atoms with Crippen LogP contribution in [0.1, 0.15) is 27.2 Å². The Hall–Kier alpha value is -3.48. The highest BCUT2D eigenvalue weighted by Crippen LogP contribution is 2.40. The Morgan fingerprint density at radius 1 is 1.45 bits per heavy atom. The molecule has 152 valence electrons. The summed E-state index contributed by atoms with van der Waals surface area (Å²) in [4.78, 5) is 34.0. The lowest BCUT2D eigenvalue weighted by atomic mass is 9.77. The van der Waals surface area contributed by atoms with E-state index in [1.54, 1.807) is 34.2 Å². The quantitative estimate of drug-likeness (QED) is 0.725. The van der Waals surface area contributed by atoms with Gasteiger partial charge in [-0.25, -0.2) is 4.98 Å². The number of hydrogen-bond donors (Lipinski definition) is 2. The Kier molecular flexibility index (Phi) is 5.77. The van der Waals surface area contributed by atoms with Crippen molar-refractivity contribution < 1.29 is 9.59 Å². The molecule has 10 nitrogen and oxygen atoms in total. The fraction of sp³-hybridized carbons (Fsp3) is 0.474. The summed E-state index contributed by atoms with van der Waals surface area (Å²) in [6.45, 7) is 6.71. The molecule has 3 heterocycles. The number of carbonyl (C=O) groups excluding carboxylic acids is 2. The van der Waals surface area contributed by atoms with Gasteiger partial charge in [-0.2, -0.15) is 15.3 Å². The summed E-state index contributed by atoms with van der Waals surface area (Å²) in [7, 11) is 0. The smallest absolute Gasteiger partial charge is 0.248 e. The third-order valence-corrected chi connectivity index (χ3v) is 5.06. The molecule has 0 spiro atoms. The second-order valence-corrected chi connectivity index (χ2v) is 7.28. The van der Waals surface area contributed by atoms with E-state index in [9.17, 15) is 14.9 Å². The Labute approximate surface area is 168 Å². The molecule has 1 saturated heterocycles. The van der Waals surface area contributed by atoms with Crippen molar-refractivity contribution in [2.75, 3.05) is 23.3 Å². The summed E-state index contributed by atoms with van der Waals surface area (Å²) in [5.41, 5.74) is -0.320. The minimum absolute atomic E-state index is 0.0761. The normalized spacial score (nSPS) is 18.7. The van der Waals surface area contributed by atoms with E-state index >= 15 is 0 Å². The number of rotatable bonds is 7. The molecule has 0 bridgehead atoms. The molecule has 0 radical (unpaired) electrons. The predicted octanol–water partition coefficient (Wildman–Crippen LogP) is 1.46. The van der Waals surface area contributed by atoms with Gasteiger partial charge in [0.05, 0.1) is 24.5 Å². The Morgan fingerprint density at radius 2 is 2.24 bits per heavy atom. The van der Waals surface area contributed by atoms with Crippen LogP contribution >= 0.6 is 0 Å². The molecule has 2 N–H and O–H groups in total. The molecule has 1 atom stereocenters. The molecule has 10 heteroatoms. The topological polar surface area (TPSA) is 129 Å². The maximum Gasteiger partial charge on any atom is 0.248 e. The van der Waals surface area contributed by atoms with Crippen LogP contribution in [-0.4, -0.2) is 44.7 Å². The summed E-state index contributed by atoms with van der Waals surface area (Å²) in [5, 5.41) is 19.6. The lowest BCUT2D eigenvalue weighted by Crippen LogP contribution is -2.37. The van der Waals surface area contributed by atoms with Crippen LogP contribution in [0.25, 0.3) is 0 Å². The van der Waals surface area contributed by atoms with Crippen LogP contribution < -0.4 is 15.5 Å². The van der Waals surface area contributed by atoms with Crippen molar-refractivity contribution in [2.45, 2.75) is 33.7 Å². The van der Waals surface area contributed by atoms with Gasteiger partial charge in [-0.15, -0.1) is 0 Å². The number of hydrogen-bond acceptors (Lipinski definition) is 7. The van der Waals surface area contributed by atoms with Gasteiger partial charge in [0.15, 0.2) is 0 Å². The van der Waals surface area contributed by atoms with Gasteiger partial charge in [0.25, 0.3) is 0 Å². The van der Waals surface area contributed by atoms with Crippen molar-refractivity contribution in [3.05, 3.63) is 24.7 Å². The minimum Gasteiger partial charge on any atom is -0.354 e. The van der Waals surface area contributed by atoms with Crippen LogP contribution in [0, 0.1) is 22.7 Å². The highest BCUT2D eigenvalue weighted by atomic mass is 16.2. The zero-order valence-electron chi connectivity index (χ0n) is 16.7. The number of nitrogens with one attached hydrogen (secondary N) is 2. The summed E-state index contributed by atoms with van der Waals surface area (Å²) in [5.74, 6) is 0.410. The summed E-state index contributed by atoms with van der Waals surface area (Å²) < 4.78 is 1.69. The fourth-order valence-corrected chi connectivity index (χ4v) is 3.31. The predicted molar refractivity (Wildman–Crippen MR) is 106 cm³/mol. The van der Waals surface area contributed by atoms with Crippen LogP contribution in [0.15, 0.2) is 24.7 Å². The first-order valence-electron chi connectivity index (χ1n) is 9.46. The third-order valence-electron chi connectivity index (χ3n) is 5.06. The van der Waals surface area contributed by atoms with E-state index in [2.05, 4.69) is 31.8 Å². The number of aromatic nitrogens is 4. The standard InChI is InChI=1S/C19H24N8O2/c1-13(2)19(12-20)5-8-27(17(19)29)16-4-6-22-18(25-16)24-15-10-23-26(11-15)9-7-21-14(3)28/h4,6,10-11,13H,5,7-9H2,1-3H3,(H,21,28)(H,22,24,25)/t19-/m1/s1. The van der Waals surface area contributed by atoms with Gasteiger partial charge in [-0.3, -0.25) is 19.2 Å². The number of amides is 2. The van der Waals surface area contributed by atoms with Gasteiger partial charge in [0, 0.05) is 32.4 Å². The Bertz CT molecular complexity index is 948. The van der Waals surface area contributed by atoms with Gasteiger partial charge >= 0.3 is 0 Å². The average Bonchev–Trinajstić information content (AvgIpc) is 3.26.